The summed E-state index contributed by atoms with van der Waals surface area (Å²) in [7, 11) is 1.82. The number of methoxy groups -OCH3 is 1. The lowest BCUT2D eigenvalue weighted by Gasteiger charge is -2.52. The Morgan fingerprint density at radius 3 is 2.55 bits per heavy atom. The summed E-state index contributed by atoms with van der Waals surface area (Å²) in [6.07, 6.45) is 8.51. The molecule has 3 nitrogen and oxygen atoms in total. The summed E-state index contributed by atoms with van der Waals surface area (Å²) in [5.41, 5.74) is 0.746. The van der Waals surface area contributed by atoms with Gasteiger partial charge in [-0.3, -0.25) is 4.99 Å². The molecule has 1 N–H and O–H groups in total. The zero-order chi connectivity index (χ0) is 14.2. The Labute approximate surface area is 127 Å². The highest BCUT2D eigenvalue weighted by atomic mass is 32.2. The van der Waals surface area contributed by atoms with Crippen molar-refractivity contribution in [2.75, 3.05) is 19.4 Å². The first-order chi connectivity index (χ1) is 9.56. The first-order valence-corrected chi connectivity index (χ1v) is 9.01. The van der Waals surface area contributed by atoms with Crippen LogP contribution >= 0.6 is 11.8 Å². The molecule has 1 heterocycles. The Hall–Kier alpha value is -0.220. The van der Waals surface area contributed by atoms with Gasteiger partial charge in [0.1, 0.15) is 0 Å². The summed E-state index contributed by atoms with van der Waals surface area (Å²) in [6.45, 7) is 5.63. The standard InChI is InChI=1S/C16H28N2OS/c1-15(2)12(9-13(15)19-3)18-14-17-10-16(11-20-14)7-5-4-6-8-16/h12-13H,4-11H2,1-3H3,(H,17,18). The Balaban J connectivity index is 1.55. The van der Waals surface area contributed by atoms with Crippen molar-refractivity contribution >= 4 is 16.9 Å². The maximum absolute atomic E-state index is 5.52. The van der Waals surface area contributed by atoms with Crippen molar-refractivity contribution in [2.24, 2.45) is 15.8 Å². The van der Waals surface area contributed by atoms with Crippen molar-refractivity contribution in [3.05, 3.63) is 0 Å². The summed E-state index contributed by atoms with van der Waals surface area (Å²) in [5.74, 6) is 1.26. The van der Waals surface area contributed by atoms with Crippen LogP contribution in [0.1, 0.15) is 52.4 Å². The maximum Gasteiger partial charge on any atom is 0.156 e. The van der Waals surface area contributed by atoms with E-state index in [0.717, 1.165) is 13.0 Å². The van der Waals surface area contributed by atoms with Gasteiger partial charge in [0.15, 0.2) is 5.17 Å². The molecule has 0 aromatic heterocycles. The average Bonchev–Trinajstić information content (AvgIpc) is 2.46. The highest BCUT2D eigenvalue weighted by Crippen LogP contribution is 2.44. The minimum atomic E-state index is 0.220. The predicted molar refractivity (Wildman–Crippen MR) is 86.4 cm³/mol. The van der Waals surface area contributed by atoms with Gasteiger partial charge in [0.25, 0.3) is 0 Å². The van der Waals surface area contributed by atoms with Crippen molar-refractivity contribution in [2.45, 2.75) is 64.5 Å². The molecular weight excluding hydrogens is 268 g/mol. The largest absolute Gasteiger partial charge is 0.381 e. The SMILES string of the molecule is COC1CC(NC2=NCC3(CCCCC3)CS2)C1(C)C. The molecule has 3 rings (SSSR count). The van der Waals surface area contributed by atoms with Gasteiger partial charge in [-0.25, -0.2) is 0 Å². The van der Waals surface area contributed by atoms with Gasteiger partial charge in [0, 0.05) is 30.9 Å². The Morgan fingerprint density at radius 2 is 2.00 bits per heavy atom. The molecule has 0 aromatic rings. The topological polar surface area (TPSA) is 33.6 Å². The van der Waals surface area contributed by atoms with E-state index in [1.807, 2.05) is 18.9 Å². The van der Waals surface area contributed by atoms with Crippen LogP contribution in [0, 0.1) is 10.8 Å². The maximum atomic E-state index is 5.52. The second kappa shape index (κ2) is 5.53. The van der Waals surface area contributed by atoms with Gasteiger partial charge in [-0.15, -0.1) is 0 Å². The zero-order valence-corrected chi connectivity index (χ0v) is 13.9. The third-order valence-corrected chi connectivity index (χ3v) is 7.02. The summed E-state index contributed by atoms with van der Waals surface area (Å²) in [6, 6.07) is 0.513. The predicted octanol–water partition coefficient (Wildman–Crippen LogP) is 3.44. The van der Waals surface area contributed by atoms with Gasteiger partial charge in [-0.05, 0) is 24.7 Å². The summed E-state index contributed by atoms with van der Waals surface area (Å²) in [4.78, 5) is 4.87. The highest BCUT2D eigenvalue weighted by Gasteiger charge is 2.49. The van der Waals surface area contributed by atoms with E-state index in [0.29, 0.717) is 17.6 Å². The first kappa shape index (κ1) is 14.7. The lowest BCUT2D eigenvalue weighted by Crippen LogP contribution is -2.61. The number of nitrogens with zero attached hydrogens (tertiary/aromatic N) is 1. The van der Waals surface area contributed by atoms with E-state index in [4.69, 9.17) is 9.73 Å². The van der Waals surface area contributed by atoms with Crippen molar-refractivity contribution in [1.82, 2.24) is 5.32 Å². The minimum absolute atomic E-state index is 0.220. The Kier molecular flexibility index (Phi) is 4.06. The molecule has 2 aliphatic carbocycles. The molecule has 0 saturated heterocycles. The highest BCUT2D eigenvalue weighted by molar-refractivity contribution is 8.13. The van der Waals surface area contributed by atoms with Crippen molar-refractivity contribution in [1.29, 1.82) is 0 Å². The molecule has 2 fully saturated rings. The van der Waals surface area contributed by atoms with E-state index in [-0.39, 0.29) is 5.41 Å². The molecular formula is C16H28N2OS. The number of thioether (sulfide) groups is 1. The van der Waals surface area contributed by atoms with Gasteiger partial charge in [0.2, 0.25) is 0 Å². The van der Waals surface area contributed by atoms with Crippen molar-refractivity contribution < 1.29 is 4.74 Å². The normalized spacial score (nSPS) is 35.2. The Bertz CT molecular complexity index is 388. The number of aliphatic imine (C=N–C) groups is 1. The van der Waals surface area contributed by atoms with Crippen LogP contribution in [0.3, 0.4) is 0 Å². The van der Waals surface area contributed by atoms with Crippen molar-refractivity contribution in [3.8, 4) is 0 Å². The van der Waals surface area contributed by atoms with E-state index in [1.165, 1.54) is 43.0 Å². The minimum Gasteiger partial charge on any atom is -0.381 e. The second-order valence-electron chi connectivity index (χ2n) is 7.45. The van der Waals surface area contributed by atoms with Gasteiger partial charge in [-0.2, -0.15) is 0 Å². The lowest BCUT2D eigenvalue weighted by molar-refractivity contribution is -0.0918. The van der Waals surface area contributed by atoms with E-state index in [2.05, 4.69) is 19.2 Å². The Morgan fingerprint density at radius 1 is 1.25 bits per heavy atom. The quantitative estimate of drug-likeness (QED) is 0.847. The summed E-state index contributed by atoms with van der Waals surface area (Å²) in [5, 5.41) is 4.84. The van der Waals surface area contributed by atoms with Gasteiger partial charge >= 0.3 is 0 Å². The molecule has 0 amide bonds. The fourth-order valence-corrected chi connectivity index (χ4v) is 5.13. The van der Waals surface area contributed by atoms with Crippen LogP contribution in [-0.4, -0.2) is 36.7 Å². The molecule has 4 heteroatoms. The van der Waals surface area contributed by atoms with Crippen LogP contribution in [0.2, 0.25) is 0 Å². The third kappa shape index (κ3) is 2.61. The van der Waals surface area contributed by atoms with Crippen LogP contribution in [0.25, 0.3) is 0 Å². The van der Waals surface area contributed by atoms with E-state index >= 15 is 0 Å². The molecule has 3 aliphatic rings. The average molecular weight is 296 g/mol. The number of ether oxygens (including phenoxy) is 1. The molecule has 0 bridgehead atoms. The van der Waals surface area contributed by atoms with Gasteiger partial charge in [-0.1, -0.05) is 44.9 Å². The number of hydrogen-bond donors (Lipinski definition) is 1. The smallest absolute Gasteiger partial charge is 0.156 e. The van der Waals surface area contributed by atoms with E-state index in [9.17, 15) is 0 Å². The molecule has 0 radical (unpaired) electrons. The van der Waals surface area contributed by atoms with Crippen LogP contribution in [0.5, 0.6) is 0 Å². The molecule has 2 unspecified atom stereocenters. The zero-order valence-electron chi connectivity index (χ0n) is 13.1. The molecule has 114 valence electrons. The van der Waals surface area contributed by atoms with Gasteiger partial charge < -0.3 is 10.1 Å². The fraction of sp³-hybridized carbons (Fsp3) is 0.938. The first-order valence-electron chi connectivity index (χ1n) is 8.02. The third-order valence-electron chi connectivity index (χ3n) is 5.75. The van der Waals surface area contributed by atoms with Crippen LogP contribution < -0.4 is 5.32 Å². The molecule has 2 atom stereocenters. The number of nitrogens with one attached hydrogen (secondary N) is 1. The van der Waals surface area contributed by atoms with Gasteiger partial charge in [0.05, 0.1) is 6.10 Å². The van der Waals surface area contributed by atoms with Crippen LogP contribution in [-0.2, 0) is 4.74 Å². The molecule has 2 saturated carbocycles. The van der Waals surface area contributed by atoms with E-state index in [1.54, 1.807) is 0 Å². The van der Waals surface area contributed by atoms with Crippen LogP contribution in [0.4, 0.5) is 0 Å². The van der Waals surface area contributed by atoms with E-state index < -0.39 is 0 Å². The molecule has 20 heavy (non-hydrogen) atoms. The monoisotopic (exact) mass is 296 g/mol. The molecule has 0 aromatic carbocycles. The van der Waals surface area contributed by atoms with Crippen molar-refractivity contribution in [3.63, 3.8) is 0 Å². The molecule has 1 spiro atoms. The molecule has 1 aliphatic heterocycles. The fourth-order valence-electron chi connectivity index (χ4n) is 3.92. The summed E-state index contributed by atoms with van der Waals surface area (Å²) >= 11 is 1.95. The second-order valence-corrected chi connectivity index (χ2v) is 8.41. The number of hydrogen-bond acceptors (Lipinski definition) is 4. The number of amidine groups is 1. The summed E-state index contributed by atoms with van der Waals surface area (Å²) < 4.78 is 5.52. The number of rotatable bonds is 2. The lowest BCUT2D eigenvalue weighted by atomic mass is 9.64. The van der Waals surface area contributed by atoms with Crippen LogP contribution in [0.15, 0.2) is 4.99 Å².